The minimum Gasteiger partial charge on any atom is -0.383 e. The van der Waals surface area contributed by atoms with Gasteiger partial charge in [-0.05, 0) is 26.2 Å². The van der Waals surface area contributed by atoms with E-state index >= 15 is 0 Å². The Morgan fingerprint density at radius 2 is 2.12 bits per heavy atom. The molecule has 0 saturated carbocycles. The summed E-state index contributed by atoms with van der Waals surface area (Å²) in [4.78, 5) is 2.15. The average Bonchev–Trinajstić information content (AvgIpc) is 2.22. The molecule has 0 unspecified atom stereocenters. The number of likely N-dealkylation sites (N-methyl/N-ethyl adjacent to an activating group) is 1. The summed E-state index contributed by atoms with van der Waals surface area (Å²) in [5.41, 5.74) is 2.31. The molecule has 0 saturated heterocycles. The van der Waals surface area contributed by atoms with Crippen LogP contribution in [0.4, 0.5) is 5.69 Å². The minimum absolute atomic E-state index is 0.617. The van der Waals surface area contributed by atoms with Gasteiger partial charge in [-0.15, -0.1) is 0 Å². The lowest BCUT2D eigenvalue weighted by molar-refractivity contribution is 0.185. The number of rotatable bonds is 6. The van der Waals surface area contributed by atoms with E-state index in [1.54, 1.807) is 7.11 Å². The second-order valence-electron chi connectivity index (χ2n) is 3.93. The molecule has 3 nitrogen and oxygen atoms in total. The molecule has 1 N–H and O–H groups in total. The van der Waals surface area contributed by atoms with E-state index < -0.39 is 0 Å². The molecule has 16 heavy (non-hydrogen) atoms. The minimum atomic E-state index is 0.617. The molecule has 0 radical (unpaired) electrons. The fourth-order valence-corrected chi connectivity index (χ4v) is 1.91. The molecule has 0 atom stereocenters. The van der Waals surface area contributed by atoms with Crippen LogP contribution in [0.5, 0.6) is 0 Å². The molecule has 0 aliphatic heterocycles. The maximum atomic E-state index is 5.20. The quantitative estimate of drug-likeness (QED) is 0.870. The first-order valence-corrected chi connectivity index (χ1v) is 6.09. The van der Waals surface area contributed by atoms with Gasteiger partial charge in [-0.3, -0.25) is 0 Å². The number of nitrogens with one attached hydrogen (secondary N) is 1. The van der Waals surface area contributed by atoms with E-state index in [9.17, 15) is 0 Å². The fourth-order valence-electron chi connectivity index (χ4n) is 1.43. The number of hydrogen-bond donors (Lipinski definition) is 1. The molecule has 1 rings (SSSR count). The van der Waals surface area contributed by atoms with Gasteiger partial charge in [0.2, 0.25) is 0 Å². The van der Waals surface area contributed by atoms with Crippen LogP contribution in [0.15, 0.2) is 22.7 Å². The van der Waals surface area contributed by atoms with E-state index in [-0.39, 0.29) is 0 Å². The van der Waals surface area contributed by atoms with Crippen LogP contribution in [-0.2, 0) is 11.3 Å². The van der Waals surface area contributed by atoms with Gasteiger partial charge < -0.3 is 15.0 Å². The maximum Gasteiger partial charge on any atom is 0.0744 e. The van der Waals surface area contributed by atoms with Crippen molar-refractivity contribution in [1.29, 1.82) is 0 Å². The molecule has 0 spiro atoms. The van der Waals surface area contributed by atoms with Crippen molar-refractivity contribution in [3.63, 3.8) is 0 Å². The lowest BCUT2D eigenvalue weighted by atomic mass is 10.2. The van der Waals surface area contributed by atoms with E-state index in [0.717, 1.165) is 23.2 Å². The Labute approximate surface area is 106 Å². The van der Waals surface area contributed by atoms with Gasteiger partial charge in [-0.1, -0.05) is 22.0 Å². The van der Waals surface area contributed by atoms with Crippen molar-refractivity contribution in [3.8, 4) is 0 Å². The molecule has 1 aromatic carbocycles. The van der Waals surface area contributed by atoms with E-state index in [2.05, 4.69) is 46.3 Å². The largest absolute Gasteiger partial charge is 0.383 e. The number of nitrogens with zero attached hydrogens (tertiary/aromatic N) is 1. The summed E-state index contributed by atoms with van der Waals surface area (Å²) < 4.78 is 6.28. The van der Waals surface area contributed by atoms with E-state index in [4.69, 9.17) is 4.74 Å². The highest BCUT2D eigenvalue weighted by Crippen LogP contribution is 2.25. The van der Waals surface area contributed by atoms with E-state index in [1.165, 1.54) is 5.56 Å². The molecular formula is C12H19BrN2O. The summed E-state index contributed by atoms with van der Waals surface area (Å²) in [6.07, 6.45) is 0. The van der Waals surface area contributed by atoms with Crippen molar-refractivity contribution in [2.45, 2.75) is 6.61 Å². The zero-order valence-electron chi connectivity index (χ0n) is 10.1. The van der Waals surface area contributed by atoms with Gasteiger partial charge in [0.05, 0.1) is 6.61 Å². The highest BCUT2D eigenvalue weighted by atomic mass is 79.9. The van der Waals surface area contributed by atoms with Crippen LogP contribution in [0.3, 0.4) is 0 Å². The van der Waals surface area contributed by atoms with Crippen LogP contribution in [0, 0.1) is 0 Å². The number of benzene rings is 1. The zero-order valence-corrected chi connectivity index (χ0v) is 11.7. The monoisotopic (exact) mass is 286 g/mol. The molecule has 0 fully saturated rings. The Balaban J connectivity index is 2.66. The third kappa shape index (κ3) is 4.12. The first-order chi connectivity index (χ1) is 7.65. The summed E-state index contributed by atoms with van der Waals surface area (Å²) in [5, 5.41) is 3.42. The van der Waals surface area contributed by atoms with Crippen molar-refractivity contribution < 1.29 is 4.74 Å². The number of halogens is 1. The van der Waals surface area contributed by atoms with Gasteiger partial charge in [0, 0.05) is 35.9 Å². The summed E-state index contributed by atoms with van der Waals surface area (Å²) in [5.74, 6) is 0. The Kier molecular flexibility index (Phi) is 5.80. The van der Waals surface area contributed by atoms with Crippen LogP contribution in [0.2, 0.25) is 0 Å². The summed E-state index contributed by atoms with van der Waals surface area (Å²) in [6.45, 7) is 2.56. The summed E-state index contributed by atoms with van der Waals surface area (Å²) in [6, 6.07) is 6.14. The van der Waals surface area contributed by atoms with Crippen molar-refractivity contribution >= 4 is 21.6 Å². The predicted octanol–water partition coefficient (Wildman–Crippen LogP) is 2.57. The Bertz CT molecular complexity index is 329. The first kappa shape index (κ1) is 13.5. The van der Waals surface area contributed by atoms with Crippen molar-refractivity contribution in [3.05, 3.63) is 28.2 Å². The third-order valence-electron chi connectivity index (χ3n) is 2.28. The Morgan fingerprint density at radius 3 is 2.75 bits per heavy atom. The standard InChI is InChI=1S/C12H19BrN2O/c1-15(2)8-7-14-12-6-4-5-11(13)10(12)9-16-3/h4-6,14H,7-9H2,1-3H3. The lowest BCUT2D eigenvalue weighted by Gasteiger charge is -2.15. The molecule has 0 aromatic heterocycles. The highest BCUT2D eigenvalue weighted by Gasteiger charge is 2.05. The number of methoxy groups -OCH3 is 1. The third-order valence-corrected chi connectivity index (χ3v) is 3.02. The highest BCUT2D eigenvalue weighted by molar-refractivity contribution is 9.10. The molecule has 0 amide bonds. The zero-order chi connectivity index (χ0) is 12.0. The van der Waals surface area contributed by atoms with Gasteiger partial charge >= 0.3 is 0 Å². The van der Waals surface area contributed by atoms with Crippen molar-refractivity contribution in [2.24, 2.45) is 0 Å². The van der Waals surface area contributed by atoms with Crippen LogP contribution < -0.4 is 5.32 Å². The molecule has 0 bridgehead atoms. The topological polar surface area (TPSA) is 24.5 Å². The van der Waals surface area contributed by atoms with Gasteiger partial charge in [0.1, 0.15) is 0 Å². The Morgan fingerprint density at radius 1 is 1.38 bits per heavy atom. The molecule has 0 aliphatic carbocycles. The molecule has 4 heteroatoms. The van der Waals surface area contributed by atoms with E-state index in [1.807, 2.05) is 12.1 Å². The van der Waals surface area contributed by atoms with Crippen LogP contribution in [0.1, 0.15) is 5.56 Å². The summed E-state index contributed by atoms with van der Waals surface area (Å²) >= 11 is 3.54. The molecular weight excluding hydrogens is 268 g/mol. The fraction of sp³-hybridized carbons (Fsp3) is 0.500. The Hall–Kier alpha value is -0.580. The molecule has 0 heterocycles. The number of anilines is 1. The van der Waals surface area contributed by atoms with E-state index in [0.29, 0.717) is 6.61 Å². The second-order valence-corrected chi connectivity index (χ2v) is 4.78. The predicted molar refractivity (Wildman–Crippen MR) is 71.9 cm³/mol. The first-order valence-electron chi connectivity index (χ1n) is 5.30. The number of ether oxygens (including phenoxy) is 1. The second kappa shape index (κ2) is 6.89. The normalized spacial score (nSPS) is 10.8. The van der Waals surface area contributed by atoms with Crippen molar-refractivity contribution in [2.75, 3.05) is 39.6 Å². The lowest BCUT2D eigenvalue weighted by Crippen LogP contribution is -2.21. The SMILES string of the molecule is COCc1c(Br)cccc1NCCN(C)C. The van der Waals surface area contributed by atoms with Crippen LogP contribution in [0.25, 0.3) is 0 Å². The molecule has 1 aromatic rings. The number of hydrogen-bond acceptors (Lipinski definition) is 3. The summed E-state index contributed by atoms with van der Waals surface area (Å²) in [7, 11) is 5.85. The average molecular weight is 287 g/mol. The molecule has 0 aliphatic rings. The van der Waals surface area contributed by atoms with Gasteiger partial charge in [-0.25, -0.2) is 0 Å². The maximum absolute atomic E-state index is 5.20. The molecule has 90 valence electrons. The van der Waals surface area contributed by atoms with Gasteiger partial charge in [-0.2, -0.15) is 0 Å². The van der Waals surface area contributed by atoms with Crippen molar-refractivity contribution in [1.82, 2.24) is 4.90 Å². The smallest absolute Gasteiger partial charge is 0.0744 e. The van der Waals surface area contributed by atoms with Gasteiger partial charge in [0.15, 0.2) is 0 Å². The van der Waals surface area contributed by atoms with Crippen LogP contribution in [-0.4, -0.2) is 39.2 Å². The van der Waals surface area contributed by atoms with Crippen LogP contribution >= 0.6 is 15.9 Å². The van der Waals surface area contributed by atoms with Gasteiger partial charge in [0.25, 0.3) is 0 Å².